The van der Waals surface area contributed by atoms with E-state index in [9.17, 15) is 14.4 Å². The van der Waals surface area contributed by atoms with Crippen molar-refractivity contribution in [3.8, 4) is 0 Å². The lowest BCUT2D eigenvalue weighted by atomic mass is 9.94. The highest BCUT2D eigenvalue weighted by Crippen LogP contribution is 2.38. The van der Waals surface area contributed by atoms with Crippen molar-refractivity contribution in [3.05, 3.63) is 52.0 Å². The molecule has 8 nitrogen and oxygen atoms in total. The van der Waals surface area contributed by atoms with Gasteiger partial charge in [-0.3, -0.25) is 9.59 Å². The monoisotopic (exact) mass is 661 g/mol. The molecule has 0 aromatic carbocycles. The summed E-state index contributed by atoms with van der Waals surface area (Å²) < 4.78 is 28.3. The Kier molecular flexibility index (Phi) is 12.9. The average Bonchev–Trinajstić information content (AvgIpc) is 3.61. The maximum atomic E-state index is 15.6. The maximum Gasteiger partial charge on any atom is 0.329 e. The number of allylic oxidation sites excluding steroid dienone is 2. The second-order valence-electron chi connectivity index (χ2n) is 14.2. The minimum atomic E-state index is -2.22. The van der Waals surface area contributed by atoms with Gasteiger partial charge in [-0.25, -0.2) is 14.2 Å². The number of rotatable bonds is 3. The molecule has 3 rings (SSSR count). The first-order valence-electron chi connectivity index (χ1n) is 16.1. The van der Waals surface area contributed by atoms with E-state index >= 15 is 4.39 Å². The quantitative estimate of drug-likeness (QED) is 0.283. The summed E-state index contributed by atoms with van der Waals surface area (Å²) >= 11 is 1.26. The van der Waals surface area contributed by atoms with Crippen LogP contribution in [0, 0.1) is 11.8 Å². The number of alkyl halides is 1. The summed E-state index contributed by atoms with van der Waals surface area (Å²) in [6, 6.07) is -0.714. The summed E-state index contributed by atoms with van der Waals surface area (Å²) in [7, 11) is -2.22. The van der Waals surface area contributed by atoms with Gasteiger partial charge in [-0.05, 0) is 49.9 Å². The molecule has 1 saturated heterocycles. The first-order valence-corrected chi connectivity index (χ1v) is 19.9. The minimum Gasteiger partial charge on any atom is -0.460 e. The van der Waals surface area contributed by atoms with Crippen LogP contribution in [0.15, 0.2) is 41.3 Å². The molecule has 2 aliphatic heterocycles. The Balaban J connectivity index is 1.92. The number of hydrogen-bond donors (Lipinski definition) is 1. The molecule has 3 heterocycles. The molecule has 2 aliphatic rings. The average molecular weight is 662 g/mol. The SMILES string of the molecule is CC1=C\[C@@H](O[Si](C)(C)C(C)(C)C)C[C@@H](F)Cc2nc(cs2)C(=O)N2CCC[C@@H]2C(=O)O[C@H](C(C)C)[C@H](C)/C=C/C(=O)NC\C=C\1. The minimum absolute atomic E-state index is 0.00594. The molecule has 1 aromatic rings. The number of amides is 2. The van der Waals surface area contributed by atoms with Crippen LogP contribution in [0.4, 0.5) is 4.39 Å². The normalized spacial score (nSPS) is 29.4. The van der Waals surface area contributed by atoms with Gasteiger partial charge >= 0.3 is 5.97 Å². The van der Waals surface area contributed by atoms with Gasteiger partial charge in [0.1, 0.15) is 24.0 Å². The summed E-state index contributed by atoms with van der Waals surface area (Å²) in [5, 5.41) is 4.98. The zero-order valence-corrected chi connectivity index (χ0v) is 30.2. The second-order valence-corrected chi connectivity index (χ2v) is 19.9. The Bertz CT molecular complexity index is 1280. The molecule has 5 atom stereocenters. The van der Waals surface area contributed by atoms with Crippen molar-refractivity contribution in [2.75, 3.05) is 13.1 Å². The molecule has 1 aromatic heterocycles. The van der Waals surface area contributed by atoms with Crippen molar-refractivity contribution in [3.63, 3.8) is 0 Å². The van der Waals surface area contributed by atoms with Crippen LogP contribution in [0.5, 0.6) is 0 Å². The summed E-state index contributed by atoms with van der Waals surface area (Å²) in [6.45, 7) is 19.3. The van der Waals surface area contributed by atoms with E-state index in [1.165, 1.54) is 22.3 Å². The number of cyclic esters (lactones) is 1. The number of halogens is 1. The van der Waals surface area contributed by atoms with E-state index in [-0.39, 0.29) is 47.2 Å². The smallest absolute Gasteiger partial charge is 0.329 e. The molecule has 0 saturated carbocycles. The number of ether oxygens (including phenoxy) is 1. The number of fused-ring (bicyclic) bond motifs is 3. The van der Waals surface area contributed by atoms with E-state index in [0.29, 0.717) is 30.9 Å². The molecule has 250 valence electrons. The number of thiazole rings is 1. The highest BCUT2D eigenvalue weighted by atomic mass is 32.1. The van der Waals surface area contributed by atoms with E-state index in [1.54, 1.807) is 11.5 Å². The first kappa shape index (κ1) is 36.8. The summed E-state index contributed by atoms with van der Waals surface area (Å²) in [6.07, 6.45) is 8.17. The van der Waals surface area contributed by atoms with Gasteiger partial charge in [0.15, 0.2) is 8.32 Å². The third kappa shape index (κ3) is 10.4. The van der Waals surface area contributed by atoms with Crippen LogP contribution < -0.4 is 5.32 Å². The number of nitrogens with zero attached hydrogens (tertiary/aromatic N) is 2. The highest BCUT2D eigenvalue weighted by molar-refractivity contribution is 7.09. The fraction of sp³-hybridized carbons (Fsp3) is 0.647. The fourth-order valence-corrected chi connectivity index (χ4v) is 7.46. The van der Waals surface area contributed by atoms with E-state index in [4.69, 9.17) is 9.16 Å². The lowest BCUT2D eigenvalue weighted by molar-refractivity contribution is -0.158. The van der Waals surface area contributed by atoms with Crippen molar-refractivity contribution in [2.24, 2.45) is 11.8 Å². The Morgan fingerprint density at radius 1 is 1.20 bits per heavy atom. The topological polar surface area (TPSA) is 97.8 Å². The molecule has 45 heavy (non-hydrogen) atoms. The Labute approximate surface area is 273 Å². The molecule has 0 spiro atoms. The molecular weight excluding hydrogens is 610 g/mol. The zero-order chi connectivity index (χ0) is 33.5. The lowest BCUT2D eigenvalue weighted by Crippen LogP contribution is -2.44. The van der Waals surface area contributed by atoms with Gasteiger partial charge in [0.05, 0.1) is 11.1 Å². The van der Waals surface area contributed by atoms with Gasteiger partial charge in [0, 0.05) is 37.2 Å². The molecule has 0 aliphatic carbocycles. The molecular formula is C34H52FN3O5SSi. The van der Waals surface area contributed by atoms with Crippen LogP contribution in [0.2, 0.25) is 18.1 Å². The van der Waals surface area contributed by atoms with Gasteiger partial charge < -0.3 is 19.4 Å². The van der Waals surface area contributed by atoms with Crippen LogP contribution in [-0.4, -0.2) is 73.5 Å². The van der Waals surface area contributed by atoms with Crippen molar-refractivity contribution < 1.29 is 27.9 Å². The van der Waals surface area contributed by atoms with Gasteiger partial charge in [0.25, 0.3) is 5.91 Å². The summed E-state index contributed by atoms with van der Waals surface area (Å²) in [5.74, 6) is -1.29. The van der Waals surface area contributed by atoms with Crippen molar-refractivity contribution in [2.45, 2.75) is 117 Å². The Hall–Kier alpha value is -2.63. The van der Waals surface area contributed by atoms with Crippen LogP contribution in [0.3, 0.4) is 0 Å². The maximum absolute atomic E-state index is 15.6. The van der Waals surface area contributed by atoms with Gasteiger partial charge in [0.2, 0.25) is 5.91 Å². The lowest BCUT2D eigenvalue weighted by Gasteiger charge is -2.39. The summed E-state index contributed by atoms with van der Waals surface area (Å²) in [4.78, 5) is 45.4. The largest absolute Gasteiger partial charge is 0.460 e. The molecule has 0 unspecified atom stereocenters. The molecule has 11 heteroatoms. The third-order valence-corrected chi connectivity index (χ3v) is 14.3. The predicted octanol–water partition coefficient (Wildman–Crippen LogP) is 6.80. The summed E-state index contributed by atoms with van der Waals surface area (Å²) in [5.41, 5.74) is 1.13. The van der Waals surface area contributed by atoms with E-state index < -0.39 is 38.7 Å². The number of nitrogens with one attached hydrogen (secondary N) is 1. The highest BCUT2D eigenvalue weighted by Gasteiger charge is 2.40. The standard InChI is InChI=1S/C34H52FN3O5SSi/c1-22(2)31-24(4)14-15-29(39)36-16-10-12-23(3)18-26(43-45(8,9)34(5,6)7)19-25(35)20-30-37-27(21-44-30)32(40)38-17-11-13-28(38)33(41)42-31/h10,12,14-15,18,21-22,24-26,28,31H,11,13,16-17,19-20H2,1-9H3,(H,36,39)/b12-10+,15-14+,23-18+/t24-,25-,26-,28-,31-/m1/s1. The molecule has 0 radical (unpaired) electrons. The predicted molar refractivity (Wildman–Crippen MR) is 180 cm³/mol. The molecule has 2 bridgehead atoms. The van der Waals surface area contributed by atoms with Crippen LogP contribution in [0.1, 0.15) is 83.2 Å². The van der Waals surface area contributed by atoms with Crippen molar-refractivity contribution in [1.82, 2.24) is 15.2 Å². The van der Waals surface area contributed by atoms with E-state index in [1.807, 2.05) is 45.9 Å². The van der Waals surface area contributed by atoms with Crippen LogP contribution in [0.25, 0.3) is 0 Å². The van der Waals surface area contributed by atoms with Crippen molar-refractivity contribution in [1.29, 1.82) is 0 Å². The van der Waals surface area contributed by atoms with Crippen LogP contribution in [-0.2, 0) is 25.2 Å². The number of hydrogen-bond acceptors (Lipinski definition) is 7. The van der Waals surface area contributed by atoms with E-state index in [2.05, 4.69) is 44.2 Å². The third-order valence-electron chi connectivity index (χ3n) is 8.90. The Morgan fingerprint density at radius 2 is 1.91 bits per heavy atom. The van der Waals surface area contributed by atoms with Gasteiger partial charge in [-0.15, -0.1) is 11.3 Å². The molecule has 2 amide bonds. The number of aromatic nitrogens is 1. The Morgan fingerprint density at radius 3 is 2.58 bits per heavy atom. The number of carbonyl (C=O) groups is 3. The van der Waals surface area contributed by atoms with Crippen molar-refractivity contribution >= 4 is 37.4 Å². The fourth-order valence-electron chi connectivity index (χ4n) is 5.36. The molecule has 1 N–H and O–H groups in total. The van der Waals surface area contributed by atoms with Gasteiger partial charge in [-0.1, -0.05) is 71.4 Å². The van der Waals surface area contributed by atoms with E-state index in [0.717, 1.165) is 5.57 Å². The van der Waals surface area contributed by atoms with Gasteiger partial charge in [-0.2, -0.15) is 0 Å². The number of carbonyl (C=O) groups excluding carboxylic acids is 3. The zero-order valence-electron chi connectivity index (χ0n) is 28.4. The molecule has 1 fully saturated rings. The number of esters is 1. The second kappa shape index (κ2) is 15.8. The first-order chi connectivity index (χ1) is 21.0. The van der Waals surface area contributed by atoms with Crippen LogP contribution >= 0.6 is 11.3 Å².